The molecule has 0 N–H and O–H groups in total. The van der Waals surface area contributed by atoms with Crippen molar-refractivity contribution in [2.45, 2.75) is 77.6 Å². The van der Waals surface area contributed by atoms with E-state index in [0.29, 0.717) is 5.92 Å². The lowest BCUT2D eigenvalue weighted by atomic mass is 9.56. The number of hydrogen-bond donors (Lipinski definition) is 0. The van der Waals surface area contributed by atoms with Gasteiger partial charge in [-0.05, 0) is 94.3 Å². The maximum absolute atomic E-state index is 13.0. The predicted molar refractivity (Wildman–Crippen MR) is 106 cm³/mol. The van der Waals surface area contributed by atoms with E-state index in [1.54, 1.807) is 18.7 Å². The maximum atomic E-state index is 13.0. The molecule has 0 radical (unpaired) electrons. The molecule has 2 bridgehead atoms. The highest BCUT2D eigenvalue weighted by molar-refractivity contribution is 7.12. The van der Waals surface area contributed by atoms with Gasteiger partial charge in [-0.25, -0.2) is 0 Å². The molecule has 3 heteroatoms. The molecule has 0 aromatic carbocycles. The molecule has 2 fully saturated rings. The molecule has 1 heterocycles. The van der Waals surface area contributed by atoms with Gasteiger partial charge in [-0.2, -0.15) is 0 Å². The normalized spacial score (nSPS) is 35.0. The molecule has 0 saturated heterocycles. The fourth-order valence-corrected chi connectivity index (χ4v) is 8.82. The van der Waals surface area contributed by atoms with E-state index >= 15 is 0 Å². The number of carbonyl (C=O) groups is 2. The molecule has 138 valence electrons. The minimum atomic E-state index is -0.206. The molecule has 1 aromatic heterocycles. The third-order valence-corrected chi connectivity index (χ3v) is 9.34. The monoisotopic (exact) mass is 368 g/mol. The lowest BCUT2D eigenvalue weighted by Gasteiger charge is -2.47. The van der Waals surface area contributed by atoms with E-state index < -0.39 is 0 Å². The highest BCUT2D eigenvalue weighted by Gasteiger charge is 2.61. The molecule has 1 aromatic rings. The first-order valence-corrected chi connectivity index (χ1v) is 11.1. The largest absolute Gasteiger partial charge is 0.299 e. The summed E-state index contributed by atoms with van der Waals surface area (Å²) in [5, 5.41) is 0. The highest BCUT2D eigenvalue weighted by atomic mass is 32.1. The Bertz CT molecular complexity index is 858. The Labute approximate surface area is 160 Å². The van der Waals surface area contributed by atoms with Crippen LogP contribution in [-0.2, 0) is 27.8 Å². The number of Topliss-reactive ketones (excluding diaryl/α,β-unsaturated/α-hetero) is 2. The smallest absolute Gasteiger partial charge is 0.156 e. The number of carbonyl (C=O) groups excluding carboxylic acids is 2. The van der Waals surface area contributed by atoms with Gasteiger partial charge in [-0.1, -0.05) is 6.42 Å². The second-order valence-electron chi connectivity index (χ2n) is 9.17. The quantitative estimate of drug-likeness (QED) is 0.713. The Balaban J connectivity index is 1.84. The van der Waals surface area contributed by atoms with Gasteiger partial charge in [0.05, 0.1) is 5.92 Å². The van der Waals surface area contributed by atoms with E-state index in [-0.39, 0.29) is 22.9 Å². The van der Waals surface area contributed by atoms with Gasteiger partial charge in [0.2, 0.25) is 0 Å². The van der Waals surface area contributed by atoms with Crippen LogP contribution >= 0.6 is 11.3 Å². The predicted octanol–water partition coefficient (Wildman–Crippen LogP) is 5.27. The van der Waals surface area contributed by atoms with Crippen LogP contribution < -0.4 is 0 Å². The maximum Gasteiger partial charge on any atom is 0.156 e. The Kier molecular flexibility index (Phi) is 3.67. The number of thiophene rings is 1. The molecule has 4 aliphatic rings. The minimum absolute atomic E-state index is 0.0768. The van der Waals surface area contributed by atoms with Gasteiger partial charge in [0.25, 0.3) is 0 Å². The summed E-state index contributed by atoms with van der Waals surface area (Å²) in [7, 11) is 0. The number of fused-ring (bicyclic) bond motifs is 7. The minimum Gasteiger partial charge on any atom is -0.299 e. The average Bonchev–Trinajstić information content (AvgIpc) is 3.29. The zero-order chi connectivity index (χ0) is 18.2. The Morgan fingerprint density at radius 1 is 1.12 bits per heavy atom. The van der Waals surface area contributed by atoms with Crippen molar-refractivity contribution in [3.63, 3.8) is 0 Å². The van der Waals surface area contributed by atoms with Crippen molar-refractivity contribution in [1.82, 2.24) is 0 Å². The summed E-state index contributed by atoms with van der Waals surface area (Å²) in [6.45, 7) is 5.53. The summed E-state index contributed by atoms with van der Waals surface area (Å²) in [4.78, 5) is 28.8. The first-order valence-electron chi connectivity index (χ1n) is 10.3. The summed E-state index contributed by atoms with van der Waals surface area (Å²) in [5.41, 5.74) is 4.83. The molecule has 5 rings (SSSR count). The van der Waals surface area contributed by atoms with Crippen molar-refractivity contribution >= 4 is 28.5 Å². The molecular formula is C23H28O2S. The zero-order valence-electron chi connectivity index (χ0n) is 16.1. The van der Waals surface area contributed by atoms with Gasteiger partial charge in [0, 0.05) is 20.7 Å². The van der Waals surface area contributed by atoms with Gasteiger partial charge >= 0.3 is 0 Å². The van der Waals surface area contributed by atoms with E-state index in [9.17, 15) is 9.59 Å². The molecule has 4 unspecified atom stereocenters. The molecule has 26 heavy (non-hydrogen) atoms. The molecule has 2 saturated carbocycles. The van der Waals surface area contributed by atoms with E-state index in [0.717, 1.165) is 29.9 Å². The standard InChI is InChI=1S/C23H28O2S/c1-12-19(13(2)24)21(14(3)25)23(11-15-8-9-16(23)10-15)22-20(12)17-6-4-5-7-18(17)26-22/h15-16,21H,4-11H2,1-3H3. The van der Waals surface area contributed by atoms with Crippen LogP contribution in [0, 0.1) is 17.8 Å². The molecule has 2 nitrogen and oxygen atoms in total. The lowest BCUT2D eigenvalue weighted by molar-refractivity contribution is -0.125. The Morgan fingerprint density at radius 3 is 2.50 bits per heavy atom. The van der Waals surface area contributed by atoms with Crippen molar-refractivity contribution in [2.75, 3.05) is 0 Å². The third kappa shape index (κ3) is 1.99. The molecule has 4 atom stereocenters. The second kappa shape index (κ2) is 5.64. The lowest BCUT2D eigenvalue weighted by Crippen LogP contribution is -2.47. The van der Waals surface area contributed by atoms with Gasteiger partial charge < -0.3 is 0 Å². The zero-order valence-corrected chi connectivity index (χ0v) is 16.9. The first kappa shape index (κ1) is 16.9. The van der Waals surface area contributed by atoms with E-state index in [1.165, 1.54) is 54.5 Å². The second-order valence-corrected chi connectivity index (χ2v) is 10.3. The van der Waals surface area contributed by atoms with Crippen molar-refractivity contribution in [3.05, 3.63) is 26.5 Å². The van der Waals surface area contributed by atoms with Gasteiger partial charge in [0.1, 0.15) is 5.78 Å². The molecule has 0 aliphatic heterocycles. The summed E-state index contributed by atoms with van der Waals surface area (Å²) < 4.78 is 0. The van der Waals surface area contributed by atoms with Gasteiger partial charge in [0.15, 0.2) is 5.78 Å². The summed E-state index contributed by atoms with van der Waals surface area (Å²) >= 11 is 2.01. The van der Waals surface area contributed by atoms with Crippen LogP contribution in [0.4, 0.5) is 0 Å². The highest BCUT2D eigenvalue weighted by Crippen LogP contribution is 2.66. The number of rotatable bonds is 2. The SMILES string of the molecule is CC(=O)C1=C(C)c2c(sc3c2CCCC3)C2(CC3CCC2C3)C1C(C)=O. The van der Waals surface area contributed by atoms with Crippen molar-refractivity contribution in [2.24, 2.45) is 17.8 Å². The van der Waals surface area contributed by atoms with Crippen molar-refractivity contribution < 1.29 is 9.59 Å². The fourth-order valence-electron chi connectivity index (χ4n) is 7.07. The summed E-state index contributed by atoms with van der Waals surface area (Å²) in [6, 6.07) is 0. The van der Waals surface area contributed by atoms with Crippen molar-refractivity contribution in [3.8, 4) is 0 Å². The molecule has 1 spiro atoms. The molecule has 0 amide bonds. The van der Waals surface area contributed by atoms with Gasteiger partial charge in [-0.3, -0.25) is 9.59 Å². The average molecular weight is 369 g/mol. The number of ketones is 2. The number of aryl methyl sites for hydroxylation is 1. The van der Waals surface area contributed by atoms with Crippen LogP contribution in [0.15, 0.2) is 5.57 Å². The first-order chi connectivity index (χ1) is 12.4. The Morgan fingerprint density at radius 2 is 1.88 bits per heavy atom. The van der Waals surface area contributed by atoms with Crippen LogP contribution in [0.1, 0.15) is 80.2 Å². The van der Waals surface area contributed by atoms with E-state index in [1.807, 2.05) is 11.3 Å². The molecule has 4 aliphatic carbocycles. The third-order valence-electron chi connectivity index (χ3n) is 7.86. The Hall–Kier alpha value is -1.22. The van der Waals surface area contributed by atoms with E-state index in [4.69, 9.17) is 0 Å². The topological polar surface area (TPSA) is 34.1 Å². The van der Waals surface area contributed by atoms with Crippen molar-refractivity contribution in [1.29, 1.82) is 0 Å². The fraction of sp³-hybridized carbons (Fsp3) is 0.652. The summed E-state index contributed by atoms with van der Waals surface area (Å²) in [5.74, 6) is 1.46. The van der Waals surface area contributed by atoms with Crippen LogP contribution in [0.5, 0.6) is 0 Å². The van der Waals surface area contributed by atoms with Crippen LogP contribution in [0.2, 0.25) is 0 Å². The molecular weight excluding hydrogens is 340 g/mol. The van der Waals surface area contributed by atoms with E-state index in [2.05, 4.69) is 6.92 Å². The number of hydrogen-bond acceptors (Lipinski definition) is 3. The summed E-state index contributed by atoms with van der Waals surface area (Å²) in [6.07, 6.45) is 9.81. The van der Waals surface area contributed by atoms with Crippen LogP contribution in [0.25, 0.3) is 5.57 Å². The van der Waals surface area contributed by atoms with Crippen LogP contribution in [0.3, 0.4) is 0 Å². The van der Waals surface area contributed by atoms with Gasteiger partial charge in [-0.15, -0.1) is 11.3 Å². The van der Waals surface area contributed by atoms with Crippen LogP contribution in [-0.4, -0.2) is 11.6 Å². The number of allylic oxidation sites excluding steroid dienone is 2.